The average molecular weight is 222 g/mol. The van der Waals surface area contributed by atoms with Crippen molar-refractivity contribution in [1.82, 2.24) is 0 Å². The van der Waals surface area contributed by atoms with E-state index in [4.69, 9.17) is 10.5 Å². The molecule has 1 heterocycles. The van der Waals surface area contributed by atoms with E-state index in [9.17, 15) is 4.39 Å². The summed E-state index contributed by atoms with van der Waals surface area (Å²) < 4.78 is 18.6. The molecule has 0 fully saturated rings. The van der Waals surface area contributed by atoms with Gasteiger partial charge in [0.05, 0.1) is 6.54 Å². The number of aliphatic imine (C=N–C) groups is 1. The fourth-order valence-corrected chi connectivity index (χ4v) is 1.70. The molecule has 2 N–H and O–H groups in total. The summed E-state index contributed by atoms with van der Waals surface area (Å²) in [6.45, 7) is 1.20. The summed E-state index contributed by atoms with van der Waals surface area (Å²) in [6, 6.07) is 6.46. The zero-order chi connectivity index (χ0) is 11.4. The zero-order valence-corrected chi connectivity index (χ0v) is 9.03. The first kappa shape index (κ1) is 11.1. The predicted octanol–water partition coefficient (Wildman–Crippen LogP) is 2.03. The van der Waals surface area contributed by atoms with Gasteiger partial charge in [-0.25, -0.2) is 4.39 Å². The fourth-order valence-electron chi connectivity index (χ4n) is 1.70. The molecular weight excluding hydrogens is 207 g/mol. The third-order valence-corrected chi connectivity index (χ3v) is 2.53. The Kier molecular flexibility index (Phi) is 3.51. The number of nitrogens with two attached hydrogens (primary N) is 1. The molecule has 1 aromatic rings. The van der Waals surface area contributed by atoms with Crippen molar-refractivity contribution in [3.63, 3.8) is 0 Å². The van der Waals surface area contributed by atoms with Crippen molar-refractivity contribution in [3.8, 4) is 0 Å². The van der Waals surface area contributed by atoms with Gasteiger partial charge in [-0.3, -0.25) is 4.99 Å². The monoisotopic (exact) mass is 222 g/mol. The van der Waals surface area contributed by atoms with E-state index in [2.05, 4.69) is 4.99 Å². The molecule has 0 saturated carbocycles. The van der Waals surface area contributed by atoms with Gasteiger partial charge in [0.2, 0.25) is 0 Å². The summed E-state index contributed by atoms with van der Waals surface area (Å²) in [5.41, 5.74) is 6.25. The molecule has 2 rings (SSSR count). The number of rotatable bonds is 4. The second-order valence-electron chi connectivity index (χ2n) is 3.79. The minimum absolute atomic E-state index is 0.136. The first-order chi connectivity index (χ1) is 7.79. The van der Waals surface area contributed by atoms with Crippen LogP contribution in [-0.2, 0) is 4.74 Å². The highest BCUT2D eigenvalue weighted by Gasteiger charge is 2.21. The molecule has 0 saturated heterocycles. The summed E-state index contributed by atoms with van der Waals surface area (Å²) >= 11 is 0. The Morgan fingerprint density at radius 3 is 3.12 bits per heavy atom. The van der Waals surface area contributed by atoms with Crippen molar-refractivity contribution in [2.75, 3.05) is 13.1 Å². The van der Waals surface area contributed by atoms with E-state index in [1.54, 1.807) is 6.07 Å². The molecule has 4 heteroatoms. The van der Waals surface area contributed by atoms with Gasteiger partial charge < -0.3 is 10.5 Å². The fraction of sp³-hybridized carbons (Fsp3) is 0.417. The van der Waals surface area contributed by atoms with E-state index in [0.29, 0.717) is 13.1 Å². The van der Waals surface area contributed by atoms with Gasteiger partial charge in [-0.1, -0.05) is 12.1 Å². The standard InChI is InChI=1S/C12H15FN2O/c13-10-4-1-3-9(7-10)11-8-15-12(16-11)5-2-6-14/h1,3-4,7,11H,2,5-6,8,14H2. The summed E-state index contributed by atoms with van der Waals surface area (Å²) in [5, 5.41) is 0. The highest BCUT2D eigenvalue weighted by Crippen LogP contribution is 2.24. The van der Waals surface area contributed by atoms with Crippen LogP contribution in [0.25, 0.3) is 0 Å². The molecule has 0 aromatic heterocycles. The lowest BCUT2D eigenvalue weighted by Gasteiger charge is -2.11. The Hall–Kier alpha value is -1.42. The molecule has 1 aliphatic heterocycles. The van der Waals surface area contributed by atoms with Crippen LogP contribution in [0.5, 0.6) is 0 Å². The molecule has 1 atom stereocenters. The molecule has 16 heavy (non-hydrogen) atoms. The number of nitrogens with zero attached hydrogens (tertiary/aromatic N) is 1. The van der Waals surface area contributed by atoms with E-state index >= 15 is 0 Å². The number of hydrogen-bond donors (Lipinski definition) is 1. The summed E-state index contributed by atoms with van der Waals surface area (Å²) in [4.78, 5) is 4.28. The van der Waals surface area contributed by atoms with Crippen LogP contribution in [-0.4, -0.2) is 19.0 Å². The average Bonchev–Trinajstić information content (AvgIpc) is 2.75. The van der Waals surface area contributed by atoms with E-state index in [0.717, 1.165) is 24.3 Å². The molecule has 0 aliphatic carbocycles. The van der Waals surface area contributed by atoms with Crippen LogP contribution in [0.1, 0.15) is 24.5 Å². The van der Waals surface area contributed by atoms with E-state index in [1.165, 1.54) is 12.1 Å². The van der Waals surface area contributed by atoms with Crippen LogP contribution in [0.15, 0.2) is 29.3 Å². The number of halogens is 1. The molecule has 1 aliphatic rings. The van der Waals surface area contributed by atoms with Gasteiger partial charge in [0.15, 0.2) is 5.90 Å². The lowest BCUT2D eigenvalue weighted by atomic mass is 10.1. The molecule has 0 spiro atoms. The summed E-state index contributed by atoms with van der Waals surface area (Å²) in [6.07, 6.45) is 1.50. The van der Waals surface area contributed by atoms with Gasteiger partial charge in [-0.15, -0.1) is 0 Å². The van der Waals surface area contributed by atoms with Crippen molar-refractivity contribution in [1.29, 1.82) is 0 Å². The van der Waals surface area contributed by atoms with Gasteiger partial charge >= 0.3 is 0 Å². The minimum atomic E-state index is -0.239. The molecule has 0 bridgehead atoms. The van der Waals surface area contributed by atoms with E-state index in [-0.39, 0.29) is 11.9 Å². The van der Waals surface area contributed by atoms with E-state index in [1.807, 2.05) is 6.07 Å². The van der Waals surface area contributed by atoms with Crippen molar-refractivity contribution in [3.05, 3.63) is 35.6 Å². The minimum Gasteiger partial charge on any atom is -0.471 e. The number of benzene rings is 1. The number of hydrogen-bond acceptors (Lipinski definition) is 3. The third-order valence-electron chi connectivity index (χ3n) is 2.53. The van der Waals surface area contributed by atoms with Crippen molar-refractivity contribution in [2.24, 2.45) is 10.7 Å². The van der Waals surface area contributed by atoms with Crippen LogP contribution in [0.4, 0.5) is 4.39 Å². The Morgan fingerprint density at radius 2 is 2.38 bits per heavy atom. The lowest BCUT2D eigenvalue weighted by molar-refractivity contribution is 0.223. The third kappa shape index (κ3) is 2.58. The van der Waals surface area contributed by atoms with Crippen LogP contribution < -0.4 is 5.73 Å². The maximum absolute atomic E-state index is 13.0. The zero-order valence-electron chi connectivity index (χ0n) is 9.03. The van der Waals surface area contributed by atoms with E-state index < -0.39 is 0 Å². The highest BCUT2D eigenvalue weighted by molar-refractivity contribution is 5.77. The topological polar surface area (TPSA) is 47.6 Å². The lowest BCUT2D eigenvalue weighted by Crippen LogP contribution is -2.07. The van der Waals surface area contributed by atoms with Gasteiger partial charge in [-0.2, -0.15) is 0 Å². The first-order valence-corrected chi connectivity index (χ1v) is 5.45. The normalized spacial score (nSPS) is 19.4. The Labute approximate surface area is 94.1 Å². The Morgan fingerprint density at radius 1 is 1.50 bits per heavy atom. The van der Waals surface area contributed by atoms with Crippen LogP contribution in [0.2, 0.25) is 0 Å². The van der Waals surface area contributed by atoms with Crippen LogP contribution in [0.3, 0.4) is 0 Å². The molecule has 86 valence electrons. The second-order valence-corrected chi connectivity index (χ2v) is 3.79. The van der Waals surface area contributed by atoms with Gasteiger partial charge in [-0.05, 0) is 30.7 Å². The smallest absolute Gasteiger partial charge is 0.184 e. The maximum Gasteiger partial charge on any atom is 0.184 e. The molecule has 1 unspecified atom stereocenters. The molecule has 3 nitrogen and oxygen atoms in total. The van der Waals surface area contributed by atoms with Gasteiger partial charge in [0.25, 0.3) is 0 Å². The van der Waals surface area contributed by atoms with Crippen molar-refractivity contribution in [2.45, 2.75) is 18.9 Å². The van der Waals surface area contributed by atoms with Crippen molar-refractivity contribution < 1.29 is 9.13 Å². The van der Waals surface area contributed by atoms with Crippen LogP contribution >= 0.6 is 0 Å². The summed E-state index contributed by atoms with van der Waals surface area (Å²) in [7, 11) is 0. The molecular formula is C12H15FN2O. The van der Waals surface area contributed by atoms with Gasteiger partial charge in [0.1, 0.15) is 11.9 Å². The largest absolute Gasteiger partial charge is 0.471 e. The van der Waals surface area contributed by atoms with Crippen LogP contribution in [0, 0.1) is 5.82 Å². The molecule has 0 amide bonds. The quantitative estimate of drug-likeness (QED) is 0.847. The second kappa shape index (κ2) is 5.07. The first-order valence-electron chi connectivity index (χ1n) is 5.45. The maximum atomic E-state index is 13.0. The summed E-state index contributed by atoms with van der Waals surface area (Å²) in [5.74, 6) is 0.496. The number of ether oxygens (including phenoxy) is 1. The highest BCUT2D eigenvalue weighted by atomic mass is 19.1. The Bertz CT molecular complexity index is 392. The Balaban J connectivity index is 1.95. The SMILES string of the molecule is NCCCC1=NCC(c2cccc(F)c2)O1. The van der Waals surface area contributed by atoms with Gasteiger partial charge in [0, 0.05) is 6.42 Å². The van der Waals surface area contributed by atoms with Crippen molar-refractivity contribution >= 4 is 5.90 Å². The molecule has 0 radical (unpaired) electrons. The predicted molar refractivity (Wildman–Crippen MR) is 60.8 cm³/mol. The molecule has 1 aromatic carbocycles.